The highest BCUT2D eigenvalue weighted by Crippen LogP contribution is 2.40. The molecule has 0 fully saturated rings. The Balaban J connectivity index is 1.74. The fraction of sp³-hybridized carbons (Fsp3) is 0.190. The van der Waals surface area contributed by atoms with Crippen LogP contribution in [0.2, 0.25) is 10.0 Å². The highest BCUT2D eigenvalue weighted by molar-refractivity contribution is 7.91. The number of benzene rings is 2. The average Bonchev–Trinajstić information content (AvgIpc) is 3.26. The molecule has 0 saturated heterocycles. The molecule has 6 nitrogen and oxygen atoms in total. The molecule has 0 atom stereocenters. The molecular formula is C21H17Cl2F3N2O4S2. The van der Waals surface area contributed by atoms with Gasteiger partial charge in [-0.05, 0) is 42.1 Å². The number of ether oxygens (including phenoxy) is 1. The SMILES string of the molecule is O=C(NCCCNS(=O)(=O)c1sccc1-c1ccccc1Oc1ccc(Cl)cc1Cl)C(F)(F)F. The minimum atomic E-state index is -4.99. The van der Waals surface area contributed by atoms with E-state index in [2.05, 4.69) is 4.72 Å². The van der Waals surface area contributed by atoms with Gasteiger partial charge in [0.2, 0.25) is 0 Å². The summed E-state index contributed by atoms with van der Waals surface area (Å²) < 4.78 is 70.6. The molecule has 0 radical (unpaired) electrons. The number of amides is 1. The Kier molecular flexibility index (Phi) is 8.47. The Morgan fingerprint density at radius 1 is 1.00 bits per heavy atom. The van der Waals surface area contributed by atoms with Crippen molar-refractivity contribution in [1.29, 1.82) is 0 Å². The summed E-state index contributed by atoms with van der Waals surface area (Å²) in [6.07, 6.45) is -5.02. The summed E-state index contributed by atoms with van der Waals surface area (Å²) in [6, 6.07) is 13.1. The van der Waals surface area contributed by atoms with Gasteiger partial charge in [-0.25, -0.2) is 13.1 Å². The second kappa shape index (κ2) is 11.0. The first-order chi connectivity index (χ1) is 16.0. The van der Waals surface area contributed by atoms with E-state index in [1.807, 2.05) is 0 Å². The molecule has 0 bridgehead atoms. The zero-order valence-electron chi connectivity index (χ0n) is 17.2. The highest BCUT2D eigenvalue weighted by Gasteiger charge is 2.38. The Morgan fingerprint density at radius 2 is 1.74 bits per heavy atom. The van der Waals surface area contributed by atoms with Crippen LogP contribution in [-0.4, -0.2) is 33.6 Å². The number of sulfonamides is 1. The van der Waals surface area contributed by atoms with Crippen molar-refractivity contribution >= 4 is 50.5 Å². The predicted octanol–water partition coefficient (Wildman–Crippen LogP) is 5.86. The minimum Gasteiger partial charge on any atom is -0.455 e. The third-order valence-electron chi connectivity index (χ3n) is 4.35. The Bertz CT molecular complexity index is 1280. The summed E-state index contributed by atoms with van der Waals surface area (Å²) in [6.45, 7) is -0.507. The van der Waals surface area contributed by atoms with E-state index in [0.29, 0.717) is 27.6 Å². The molecule has 0 aliphatic carbocycles. The fourth-order valence-corrected chi connectivity index (χ4v) is 5.76. The number of carbonyl (C=O) groups is 1. The molecule has 0 aliphatic rings. The molecule has 3 aromatic rings. The highest BCUT2D eigenvalue weighted by atomic mass is 35.5. The van der Waals surface area contributed by atoms with E-state index in [1.54, 1.807) is 53.2 Å². The number of carbonyl (C=O) groups excluding carboxylic acids is 1. The lowest BCUT2D eigenvalue weighted by molar-refractivity contribution is -0.173. The normalized spacial score (nSPS) is 11.9. The van der Waals surface area contributed by atoms with Crippen molar-refractivity contribution in [2.24, 2.45) is 0 Å². The fourth-order valence-electron chi connectivity index (χ4n) is 2.82. The van der Waals surface area contributed by atoms with E-state index in [9.17, 15) is 26.4 Å². The lowest BCUT2D eigenvalue weighted by atomic mass is 10.1. The molecular weight excluding hydrogens is 536 g/mol. The number of thiophene rings is 1. The maximum Gasteiger partial charge on any atom is 0.471 e. The second-order valence-electron chi connectivity index (χ2n) is 6.80. The van der Waals surface area contributed by atoms with Crippen molar-refractivity contribution in [3.8, 4) is 22.6 Å². The smallest absolute Gasteiger partial charge is 0.455 e. The number of alkyl halides is 3. The number of rotatable bonds is 9. The summed E-state index contributed by atoms with van der Waals surface area (Å²) in [5, 5.41) is 3.99. The molecule has 13 heteroatoms. The number of halogens is 5. The lowest BCUT2D eigenvalue weighted by Gasteiger charge is -2.13. The predicted molar refractivity (Wildman–Crippen MR) is 125 cm³/mol. The van der Waals surface area contributed by atoms with Gasteiger partial charge in [-0.3, -0.25) is 4.79 Å². The van der Waals surface area contributed by atoms with Gasteiger partial charge in [0.1, 0.15) is 15.7 Å². The van der Waals surface area contributed by atoms with Crippen molar-refractivity contribution in [1.82, 2.24) is 10.0 Å². The van der Waals surface area contributed by atoms with E-state index in [4.69, 9.17) is 27.9 Å². The zero-order valence-corrected chi connectivity index (χ0v) is 20.3. The monoisotopic (exact) mass is 552 g/mol. The van der Waals surface area contributed by atoms with E-state index in [0.717, 1.165) is 11.3 Å². The summed E-state index contributed by atoms with van der Waals surface area (Å²) in [5.74, 6) is -1.39. The van der Waals surface area contributed by atoms with Crippen LogP contribution < -0.4 is 14.8 Å². The van der Waals surface area contributed by atoms with E-state index >= 15 is 0 Å². The van der Waals surface area contributed by atoms with E-state index in [-0.39, 0.29) is 28.7 Å². The van der Waals surface area contributed by atoms with E-state index in [1.165, 1.54) is 6.07 Å². The maximum atomic E-state index is 12.9. The lowest BCUT2D eigenvalue weighted by Crippen LogP contribution is -2.38. The standard InChI is InChI=1S/C21H17Cl2F3N2O4S2/c22-13-6-7-18(16(23)12-13)32-17-5-2-1-4-14(17)15-8-11-33-19(15)34(30,31)28-10-3-9-27-20(29)21(24,25)26/h1-2,4-8,11-12,28H,3,9-10H2,(H,27,29). The van der Waals surface area contributed by atoms with Gasteiger partial charge in [0.25, 0.3) is 10.0 Å². The third kappa shape index (κ3) is 6.63. The molecule has 0 unspecified atom stereocenters. The third-order valence-corrected chi connectivity index (χ3v) is 7.83. The van der Waals surface area contributed by atoms with Gasteiger partial charge in [-0.1, -0.05) is 41.4 Å². The quantitative estimate of drug-likeness (QED) is 0.325. The molecule has 0 saturated carbocycles. The van der Waals surface area contributed by atoms with Crippen molar-refractivity contribution in [3.05, 3.63) is 64.0 Å². The van der Waals surface area contributed by atoms with Crippen LogP contribution in [0.15, 0.2) is 58.1 Å². The molecule has 1 heterocycles. The molecule has 34 heavy (non-hydrogen) atoms. The topological polar surface area (TPSA) is 84.5 Å². The molecule has 1 amide bonds. The van der Waals surface area contributed by atoms with Crippen LogP contribution in [0.4, 0.5) is 13.2 Å². The van der Waals surface area contributed by atoms with Crippen LogP contribution in [0.25, 0.3) is 11.1 Å². The molecule has 0 aliphatic heterocycles. The second-order valence-corrected chi connectivity index (χ2v) is 10.5. The van der Waals surface area contributed by atoms with Crippen LogP contribution in [-0.2, 0) is 14.8 Å². The van der Waals surface area contributed by atoms with Crippen LogP contribution >= 0.6 is 34.5 Å². The van der Waals surface area contributed by atoms with Gasteiger partial charge in [0.05, 0.1) is 5.02 Å². The van der Waals surface area contributed by atoms with Gasteiger partial charge in [-0.15, -0.1) is 11.3 Å². The Hall–Kier alpha value is -2.31. The maximum absolute atomic E-state index is 12.9. The molecule has 1 aromatic heterocycles. The largest absolute Gasteiger partial charge is 0.471 e. The average molecular weight is 553 g/mol. The summed E-state index contributed by atoms with van der Waals surface area (Å²) in [7, 11) is -3.99. The molecule has 2 N–H and O–H groups in total. The summed E-state index contributed by atoms with van der Waals surface area (Å²) in [4.78, 5) is 10.8. The van der Waals surface area contributed by atoms with Gasteiger partial charge in [0.15, 0.2) is 0 Å². The van der Waals surface area contributed by atoms with E-state index < -0.39 is 22.1 Å². The Labute approximate surface area is 207 Å². The molecule has 0 spiro atoms. The van der Waals surface area contributed by atoms with Gasteiger partial charge < -0.3 is 10.1 Å². The van der Waals surface area contributed by atoms with Gasteiger partial charge in [0, 0.05) is 29.2 Å². The van der Waals surface area contributed by atoms with Crippen LogP contribution in [0.1, 0.15) is 6.42 Å². The molecule has 3 rings (SSSR count). The van der Waals surface area contributed by atoms with Crippen molar-refractivity contribution in [2.45, 2.75) is 16.8 Å². The first-order valence-corrected chi connectivity index (χ1v) is 12.8. The van der Waals surface area contributed by atoms with Crippen LogP contribution in [0.5, 0.6) is 11.5 Å². The van der Waals surface area contributed by atoms with Crippen molar-refractivity contribution < 1.29 is 31.1 Å². The van der Waals surface area contributed by atoms with Crippen LogP contribution in [0.3, 0.4) is 0 Å². The van der Waals surface area contributed by atoms with Crippen molar-refractivity contribution in [2.75, 3.05) is 13.1 Å². The van der Waals surface area contributed by atoms with Crippen LogP contribution in [0, 0.1) is 0 Å². The number of hydrogen-bond acceptors (Lipinski definition) is 5. The van der Waals surface area contributed by atoms with Gasteiger partial charge in [-0.2, -0.15) is 13.2 Å². The number of hydrogen-bond donors (Lipinski definition) is 2. The molecule has 2 aromatic carbocycles. The number of para-hydroxylation sites is 1. The van der Waals surface area contributed by atoms with Crippen molar-refractivity contribution in [3.63, 3.8) is 0 Å². The Morgan fingerprint density at radius 3 is 2.44 bits per heavy atom. The summed E-state index contributed by atoms with van der Waals surface area (Å²) >= 11 is 13.1. The molecule has 182 valence electrons. The summed E-state index contributed by atoms with van der Waals surface area (Å²) in [5.41, 5.74) is 0.871. The number of nitrogens with one attached hydrogen (secondary N) is 2. The minimum absolute atomic E-state index is 0.00470. The first-order valence-electron chi connectivity index (χ1n) is 9.63. The zero-order chi connectivity index (χ0) is 24.9. The first kappa shape index (κ1) is 26.3. The van der Waals surface area contributed by atoms with Gasteiger partial charge >= 0.3 is 12.1 Å².